The lowest BCUT2D eigenvalue weighted by atomic mass is 10.2. The van der Waals surface area contributed by atoms with Crippen molar-refractivity contribution in [2.75, 3.05) is 5.32 Å². The van der Waals surface area contributed by atoms with Crippen molar-refractivity contribution in [3.8, 4) is 0 Å². The second-order valence-electron chi connectivity index (χ2n) is 4.48. The smallest absolute Gasteiger partial charge is 0.412 e. The van der Waals surface area contributed by atoms with Gasteiger partial charge in [0.15, 0.2) is 0 Å². The molecule has 0 unspecified atom stereocenters. The number of halogens is 1. The van der Waals surface area contributed by atoms with E-state index in [4.69, 9.17) is 9.84 Å². The molecule has 1 aromatic heterocycles. The highest BCUT2D eigenvalue weighted by molar-refractivity contribution is 9.10. The van der Waals surface area contributed by atoms with Gasteiger partial charge >= 0.3 is 12.1 Å². The topological polar surface area (TPSA) is 88.5 Å². The van der Waals surface area contributed by atoms with Gasteiger partial charge in [-0.2, -0.15) is 0 Å². The van der Waals surface area contributed by atoms with Gasteiger partial charge in [-0.15, -0.1) is 0 Å². The molecular formula is C11H13BrN2O4. The van der Waals surface area contributed by atoms with E-state index in [1.807, 2.05) is 0 Å². The number of hydrogen-bond acceptors (Lipinski definition) is 4. The molecule has 1 heterocycles. The van der Waals surface area contributed by atoms with Crippen molar-refractivity contribution in [1.29, 1.82) is 0 Å². The van der Waals surface area contributed by atoms with Gasteiger partial charge in [-0.25, -0.2) is 9.59 Å². The maximum Gasteiger partial charge on any atom is 0.412 e. The summed E-state index contributed by atoms with van der Waals surface area (Å²) in [5.41, 5.74) is -0.658. The SMILES string of the molecule is CC(C)(C)OC(=O)Nc1cncc(Br)c1C(=O)O. The number of carboxylic acids is 1. The van der Waals surface area contributed by atoms with Crippen molar-refractivity contribution in [2.45, 2.75) is 26.4 Å². The number of carbonyl (C=O) groups excluding carboxylic acids is 1. The standard InChI is InChI=1S/C11H13BrN2O4/c1-11(2,3)18-10(17)14-7-5-13-4-6(12)8(7)9(15)16/h4-5H,1-3H3,(H,14,17)(H,15,16). The molecule has 0 bridgehead atoms. The fourth-order valence-electron chi connectivity index (χ4n) is 1.16. The number of pyridine rings is 1. The monoisotopic (exact) mass is 316 g/mol. The average molecular weight is 317 g/mol. The van der Waals surface area contributed by atoms with Crippen molar-refractivity contribution in [2.24, 2.45) is 0 Å². The first kappa shape index (κ1) is 14.4. The van der Waals surface area contributed by atoms with Crippen LogP contribution in [0, 0.1) is 0 Å². The molecule has 1 aromatic rings. The van der Waals surface area contributed by atoms with Crippen LogP contribution in [-0.2, 0) is 4.74 Å². The lowest BCUT2D eigenvalue weighted by Gasteiger charge is -2.20. The first-order valence-electron chi connectivity index (χ1n) is 5.07. The molecule has 0 spiro atoms. The zero-order valence-corrected chi connectivity index (χ0v) is 11.7. The Labute approximate surface area is 112 Å². The maximum absolute atomic E-state index is 11.5. The number of carbonyl (C=O) groups is 2. The zero-order chi connectivity index (χ0) is 13.9. The molecule has 18 heavy (non-hydrogen) atoms. The summed E-state index contributed by atoms with van der Waals surface area (Å²) in [6.07, 6.45) is 1.85. The van der Waals surface area contributed by atoms with E-state index in [-0.39, 0.29) is 15.7 Å². The molecular weight excluding hydrogens is 304 g/mol. The van der Waals surface area contributed by atoms with Gasteiger partial charge in [-0.05, 0) is 36.7 Å². The number of amides is 1. The summed E-state index contributed by atoms with van der Waals surface area (Å²) in [6, 6.07) is 0. The minimum atomic E-state index is -1.17. The highest BCUT2D eigenvalue weighted by Gasteiger charge is 2.20. The Bertz CT molecular complexity index is 482. The second kappa shape index (κ2) is 5.34. The van der Waals surface area contributed by atoms with E-state index in [0.717, 1.165) is 0 Å². The van der Waals surface area contributed by atoms with Crippen LogP contribution >= 0.6 is 15.9 Å². The van der Waals surface area contributed by atoms with Crippen molar-refractivity contribution >= 4 is 33.7 Å². The van der Waals surface area contributed by atoms with Crippen LogP contribution in [0.2, 0.25) is 0 Å². The van der Waals surface area contributed by atoms with E-state index in [1.165, 1.54) is 12.4 Å². The summed E-state index contributed by atoms with van der Waals surface area (Å²) in [6.45, 7) is 5.14. The largest absolute Gasteiger partial charge is 0.478 e. The van der Waals surface area contributed by atoms with E-state index >= 15 is 0 Å². The number of aromatic carboxylic acids is 1. The van der Waals surface area contributed by atoms with Gasteiger partial charge in [0.1, 0.15) is 11.2 Å². The summed E-state index contributed by atoms with van der Waals surface area (Å²) < 4.78 is 5.31. The normalized spacial score (nSPS) is 10.9. The fourth-order valence-corrected chi connectivity index (χ4v) is 1.66. The van der Waals surface area contributed by atoms with Crippen LogP contribution in [0.25, 0.3) is 0 Å². The Morgan fingerprint density at radius 3 is 2.50 bits per heavy atom. The van der Waals surface area contributed by atoms with Gasteiger partial charge in [0, 0.05) is 6.20 Å². The molecule has 0 fully saturated rings. The molecule has 1 amide bonds. The minimum absolute atomic E-state index is 0.0733. The van der Waals surface area contributed by atoms with E-state index in [0.29, 0.717) is 0 Å². The molecule has 6 nitrogen and oxygen atoms in total. The third-order valence-corrected chi connectivity index (χ3v) is 2.35. The highest BCUT2D eigenvalue weighted by atomic mass is 79.9. The maximum atomic E-state index is 11.5. The lowest BCUT2D eigenvalue weighted by molar-refractivity contribution is 0.0636. The summed E-state index contributed by atoms with van der Waals surface area (Å²) >= 11 is 3.06. The van der Waals surface area contributed by atoms with Crippen molar-refractivity contribution in [3.63, 3.8) is 0 Å². The first-order valence-corrected chi connectivity index (χ1v) is 5.87. The molecule has 0 radical (unpaired) electrons. The molecule has 0 aromatic carbocycles. The molecule has 98 valence electrons. The Kier molecular flexibility index (Phi) is 4.28. The fraction of sp³-hybridized carbons (Fsp3) is 0.364. The predicted octanol–water partition coefficient (Wildman–Crippen LogP) is 2.89. The van der Waals surface area contributed by atoms with Gasteiger partial charge in [0.05, 0.1) is 16.4 Å². The van der Waals surface area contributed by atoms with Crippen LogP contribution in [0.4, 0.5) is 10.5 Å². The summed E-state index contributed by atoms with van der Waals surface area (Å²) in [5, 5.41) is 11.4. The van der Waals surface area contributed by atoms with E-state index < -0.39 is 17.7 Å². The molecule has 0 saturated carbocycles. The van der Waals surface area contributed by atoms with Gasteiger partial charge in [-0.3, -0.25) is 10.3 Å². The predicted molar refractivity (Wildman–Crippen MR) is 68.8 cm³/mol. The van der Waals surface area contributed by atoms with Gasteiger partial charge < -0.3 is 9.84 Å². The molecule has 7 heteroatoms. The van der Waals surface area contributed by atoms with Crippen LogP contribution in [-0.4, -0.2) is 27.8 Å². The van der Waals surface area contributed by atoms with Gasteiger partial charge in [0.25, 0.3) is 0 Å². The molecule has 0 saturated heterocycles. The Balaban J connectivity index is 2.95. The van der Waals surface area contributed by atoms with Gasteiger partial charge in [-0.1, -0.05) is 0 Å². The van der Waals surface area contributed by atoms with Crippen molar-refractivity contribution in [3.05, 3.63) is 22.4 Å². The lowest BCUT2D eigenvalue weighted by Crippen LogP contribution is -2.27. The summed E-state index contributed by atoms with van der Waals surface area (Å²) in [5.74, 6) is -1.17. The van der Waals surface area contributed by atoms with Crippen LogP contribution in [0.1, 0.15) is 31.1 Å². The molecule has 0 aliphatic heterocycles. The number of aromatic nitrogens is 1. The Morgan fingerprint density at radius 2 is 2.00 bits per heavy atom. The number of rotatable bonds is 2. The van der Waals surface area contributed by atoms with Crippen molar-refractivity contribution < 1.29 is 19.4 Å². The second-order valence-corrected chi connectivity index (χ2v) is 5.33. The Hall–Kier alpha value is -1.63. The number of hydrogen-bond donors (Lipinski definition) is 2. The van der Waals surface area contributed by atoms with Crippen LogP contribution < -0.4 is 5.32 Å². The van der Waals surface area contributed by atoms with Crippen LogP contribution in [0.15, 0.2) is 16.9 Å². The quantitative estimate of drug-likeness (QED) is 0.875. The summed E-state index contributed by atoms with van der Waals surface area (Å²) in [7, 11) is 0. The molecule has 0 aliphatic carbocycles. The molecule has 0 aliphatic rings. The number of anilines is 1. The van der Waals surface area contributed by atoms with Crippen LogP contribution in [0.3, 0.4) is 0 Å². The summed E-state index contributed by atoms with van der Waals surface area (Å²) in [4.78, 5) is 26.4. The van der Waals surface area contributed by atoms with E-state index in [9.17, 15) is 9.59 Å². The third-order valence-electron chi connectivity index (χ3n) is 1.75. The number of nitrogens with zero attached hydrogens (tertiary/aromatic N) is 1. The Morgan fingerprint density at radius 1 is 1.39 bits per heavy atom. The molecule has 0 atom stereocenters. The van der Waals surface area contributed by atoms with E-state index in [1.54, 1.807) is 20.8 Å². The molecule has 2 N–H and O–H groups in total. The number of ether oxygens (including phenoxy) is 1. The average Bonchev–Trinajstić information content (AvgIpc) is 2.13. The zero-order valence-electron chi connectivity index (χ0n) is 10.2. The molecule has 1 rings (SSSR count). The highest BCUT2D eigenvalue weighted by Crippen LogP contribution is 2.23. The van der Waals surface area contributed by atoms with Gasteiger partial charge in [0.2, 0.25) is 0 Å². The number of carboxylic acid groups (broad SMARTS) is 1. The number of nitrogens with one attached hydrogen (secondary N) is 1. The first-order chi connectivity index (χ1) is 8.20. The van der Waals surface area contributed by atoms with E-state index in [2.05, 4.69) is 26.2 Å². The van der Waals surface area contributed by atoms with Crippen LogP contribution in [0.5, 0.6) is 0 Å². The third kappa shape index (κ3) is 3.99. The minimum Gasteiger partial charge on any atom is -0.478 e. The van der Waals surface area contributed by atoms with Crippen molar-refractivity contribution in [1.82, 2.24) is 4.98 Å².